The topological polar surface area (TPSA) is 20.2 Å². The summed E-state index contributed by atoms with van der Waals surface area (Å²) in [7, 11) is -2.02. The van der Waals surface area contributed by atoms with E-state index in [1.807, 2.05) is 13.1 Å². The molecule has 0 fully saturated rings. The largest absolute Gasteiger partial charge is 0.432 e. The maximum atomic E-state index is 9.84. The maximum absolute atomic E-state index is 9.84. The van der Waals surface area contributed by atoms with Crippen molar-refractivity contribution < 1.29 is 4.80 Å². The van der Waals surface area contributed by atoms with E-state index < -0.39 is 8.32 Å². The van der Waals surface area contributed by atoms with Gasteiger partial charge < -0.3 is 4.80 Å². The van der Waals surface area contributed by atoms with Gasteiger partial charge in [0.1, 0.15) is 0 Å². The Hall–Kier alpha value is -0.263. The van der Waals surface area contributed by atoms with E-state index in [1.54, 1.807) is 0 Å². The van der Waals surface area contributed by atoms with E-state index in [1.165, 1.54) is 0 Å². The van der Waals surface area contributed by atoms with Gasteiger partial charge in [0.25, 0.3) is 0 Å². The van der Waals surface area contributed by atoms with Gasteiger partial charge in [0.2, 0.25) is 0 Å². The van der Waals surface area contributed by atoms with Crippen LogP contribution in [0.25, 0.3) is 0 Å². The molecule has 0 atom stereocenters. The first kappa shape index (κ1) is 10.7. The average Bonchev–Trinajstić information content (AvgIpc) is 1.81. The number of rotatable bonds is 3. The molecule has 2 heteroatoms. The molecule has 64 valence electrons. The Morgan fingerprint density at radius 2 is 1.91 bits per heavy atom. The lowest BCUT2D eigenvalue weighted by Gasteiger charge is -2.34. The molecule has 0 radical (unpaired) electrons. The smallest absolute Gasteiger partial charge is 0.188 e. The van der Waals surface area contributed by atoms with Crippen molar-refractivity contribution in [3.63, 3.8) is 0 Å². The van der Waals surface area contributed by atoms with Crippen molar-refractivity contribution in [1.29, 1.82) is 0 Å². The molecule has 0 saturated carbocycles. The van der Waals surface area contributed by atoms with Crippen LogP contribution < -0.4 is 0 Å². The van der Waals surface area contributed by atoms with E-state index in [2.05, 4.69) is 19.8 Å². The first-order valence-corrected chi connectivity index (χ1v) is 6.92. The van der Waals surface area contributed by atoms with Crippen LogP contribution >= 0.6 is 0 Å². The molecule has 0 bridgehead atoms. The standard InChI is InChI=1S/C9H18OSi/c1-6-7-8-9(2,3)11(4,5)10/h1,10H,7-8H2,2-5H3. The number of terminal acetylenes is 1. The van der Waals surface area contributed by atoms with Crippen molar-refractivity contribution >= 4 is 8.32 Å². The molecule has 1 nitrogen and oxygen atoms in total. The van der Waals surface area contributed by atoms with Crippen molar-refractivity contribution in [3.05, 3.63) is 0 Å². The summed E-state index contributed by atoms with van der Waals surface area (Å²) in [5, 5.41) is 0.0410. The third-order valence-corrected chi connectivity index (χ3v) is 6.11. The van der Waals surface area contributed by atoms with Crippen molar-refractivity contribution in [3.8, 4) is 12.3 Å². The predicted molar refractivity (Wildman–Crippen MR) is 51.8 cm³/mol. The van der Waals surface area contributed by atoms with Gasteiger partial charge in [0, 0.05) is 6.42 Å². The van der Waals surface area contributed by atoms with Gasteiger partial charge in [-0.1, -0.05) is 13.8 Å². The van der Waals surface area contributed by atoms with E-state index in [9.17, 15) is 4.80 Å². The molecule has 1 N–H and O–H groups in total. The minimum Gasteiger partial charge on any atom is -0.432 e. The lowest BCUT2D eigenvalue weighted by molar-refractivity contribution is 0.454. The SMILES string of the molecule is C#CCCC(C)(C)[Si](C)(C)O. The quantitative estimate of drug-likeness (QED) is 0.509. The van der Waals surface area contributed by atoms with E-state index in [4.69, 9.17) is 6.42 Å². The maximum Gasteiger partial charge on any atom is 0.188 e. The van der Waals surface area contributed by atoms with Crippen LogP contribution in [0.5, 0.6) is 0 Å². The summed E-state index contributed by atoms with van der Waals surface area (Å²) in [5.74, 6) is 2.61. The van der Waals surface area contributed by atoms with Crippen LogP contribution in [0.1, 0.15) is 26.7 Å². The van der Waals surface area contributed by atoms with Gasteiger partial charge >= 0.3 is 0 Å². The summed E-state index contributed by atoms with van der Waals surface area (Å²) >= 11 is 0. The molecule has 0 heterocycles. The monoisotopic (exact) mass is 170 g/mol. The minimum absolute atomic E-state index is 0.0410. The van der Waals surface area contributed by atoms with Gasteiger partial charge in [-0.3, -0.25) is 0 Å². The molecular formula is C9H18OSi. The molecule has 11 heavy (non-hydrogen) atoms. The van der Waals surface area contributed by atoms with Crippen molar-refractivity contribution in [2.75, 3.05) is 0 Å². The molecule has 0 aliphatic heterocycles. The van der Waals surface area contributed by atoms with Crippen LogP contribution in [0, 0.1) is 12.3 Å². The highest BCUT2D eigenvalue weighted by atomic mass is 28.4. The molecule has 0 unspecified atom stereocenters. The minimum atomic E-state index is -2.02. The first-order valence-electron chi connectivity index (χ1n) is 3.97. The fourth-order valence-electron chi connectivity index (χ4n) is 0.691. The zero-order chi connectivity index (χ0) is 9.12. The highest BCUT2D eigenvalue weighted by molar-refractivity contribution is 6.72. The van der Waals surface area contributed by atoms with Crippen LogP contribution in [0.3, 0.4) is 0 Å². The normalized spacial score (nSPS) is 12.7. The highest BCUT2D eigenvalue weighted by Crippen LogP contribution is 2.39. The Morgan fingerprint density at radius 3 is 2.18 bits per heavy atom. The lowest BCUT2D eigenvalue weighted by Crippen LogP contribution is -2.38. The second-order valence-corrected chi connectivity index (χ2v) is 8.62. The van der Waals surface area contributed by atoms with Gasteiger partial charge in [0.15, 0.2) is 8.32 Å². The summed E-state index contributed by atoms with van der Waals surface area (Å²) in [6, 6.07) is 0. The van der Waals surface area contributed by atoms with E-state index in [0.29, 0.717) is 0 Å². The Balaban J connectivity index is 4.13. The molecule has 0 saturated heterocycles. The predicted octanol–water partition coefficient (Wildman–Crippen LogP) is 2.38. The first-order chi connectivity index (χ1) is 4.81. The van der Waals surface area contributed by atoms with Crippen molar-refractivity contribution in [2.45, 2.75) is 44.8 Å². The molecule has 0 aromatic carbocycles. The summed E-state index contributed by atoms with van der Waals surface area (Å²) < 4.78 is 0. The Labute approximate surface area is 71.0 Å². The van der Waals surface area contributed by atoms with Crippen LogP contribution in [0.4, 0.5) is 0 Å². The molecule has 0 rings (SSSR count). The lowest BCUT2D eigenvalue weighted by atomic mass is 10.1. The third kappa shape index (κ3) is 3.09. The molecule has 0 spiro atoms. The van der Waals surface area contributed by atoms with E-state index >= 15 is 0 Å². The number of hydrogen-bond donors (Lipinski definition) is 1. The van der Waals surface area contributed by atoms with Crippen molar-refractivity contribution in [2.24, 2.45) is 0 Å². The van der Waals surface area contributed by atoms with Gasteiger partial charge in [0.05, 0.1) is 0 Å². The summed E-state index contributed by atoms with van der Waals surface area (Å²) in [6.07, 6.45) is 6.86. The van der Waals surface area contributed by atoms with E-state index in [0.717, 1.165) is 12.8 Å². The summed E-state index contributed by atoms with van der Waals surface area (Å²) in [5.41, 5.74) is 0. The van der Waals surface area contributed by atoms with Crippen molar-refractivity contribution in [1.82, 2.24) is 0 Å². The van der Waals surface area contributed by atoms with Gasteiger partial charge in [-0.15, -0.1) is 12.3 Å². The Morgan fingerprint density at radius 1 is 1.45 bits per heavy atom. The van der Waals surface area contributed by atoms with Gasteiger partial charge in [-0.05, 0) is 24.6 Å². The third-order valence-electron chi connectivity index (χ3n) is 2.55. The number of hydrogen-bond acceptors (Lipinski definition) is 1. The fraction of sp³-hybridized carbons (Fsp3) is 0.778. The average molecular weight is 170 g/mol. The van der Waals surface area contributed by atoms with E-state index in [-0.39, 0.29) is 5.04 Å². The van der Waals surface area contributed by atoms with Crippen LogP contribution in [-0.4, -0.2) is 13.1 Å². The zero-order valence-corrected chi connectivity index (χ0v) is 8.94. The molecule has 0 aromatic heterocycles. The van der Waals surface area contributed by atoms with Gasteiger partial charge in [-0.2, -0.15) is 0 Å². The second kappa shape index (κ2) is 3.42. The molecule has 0 aliphatic carbocycles. The molecule has 0 amide bonds. The zero-order valence-electron chi connectivity index (χ0n) is 7.94. The molecule has 0 aromatic rings. The Bertz CT molecular complexity index is 159. The highest BCUT2D eigenvalue weighted by Gasteiger charge is 2.36. The molecule has 0 aliphatic rings. The summed E-state index contributed by atoms with van der Waals surface area (Å²) in [4.78, 5) is 9.84. The fourth-order valence-corrected chi connectivity index (χ4v) is 1.43. The second-order valence-electron chi connectivity index (χ2n) is 4.15. The van der Waals surface area contributed by atoms with Gasteiger partial charge in [-0.25, -0.2) is 0 Å². The Kier molecular flexibility index (Phi) is 3.34. The molecular weight excluding hydrogens is 152 g/mol. The van der Waals surface area contributed by atoms with Crippen LogP contribution in [0.2, 0.25) is 18.1 Å². The van der Waals surface area contributed by atoms with Crippen LogP contribution in [0.15, 0.2) is 0 Å². The van der Waals surface area contributed by atoms with Crippen LogP contribution in [-0.2, 0) is 0 Å². The summed E-state index contributed by atoms with van der Waals surface area (Å²) in [6.45, 7) is 8.11.